The average molecular weight is 417 g/mol. The van der Waals surface area contributed by atoms with Crippen molar-refractivity contribution < 1.29 is 9.53 Å². The summed E-state index contributed by atoms with van der Waals surface area (Å²) < 4.78 is 7.56. The molecule has 1 aliphatic rings. The monoisotopic (exact) mass is 416 g/mol. The second-order valence-corrected chi connectivity index (χ2v) is 7.78. The van der Waals surface area contributed by atoms with E-state index in [1.165, 1.54) is 5.56 Å². The molecule has 0 spiro atoms. The van der Waals surface area contributed by atoms with Crippen LogP contribution in [0.15, 0.2) is 65.8 Å². The third-order valence-corrected chi connectivity index (χ3v) is 5.58. The molecule has 1 aliphatic heterocycles. The maximum absolute atomic E-state index is 12.5. The summed E-state index contributed by atoms with van der Waals surface area (Å²) in [4.78, 5) is 14.8. The minimum Gasteiger partial charge on any atom is -0.379 e. The molecule has 1 aromatic heterocycles. The molecule has 1 saturated heterocycles. The van der Waals surface area contributed by atoms with Crippen molar-refractivity contribution in [3.63, 3.8) is 0 Å². The number of para-hydroxylation sites is 1. The van der Waals surface area contributed by atoms with Crippen molar-refractivity contribution in [2.24, 2.45) is 5.10 Å². The first-order valence-electron chi connectivity index (χ1n) is 10.6. The zero-order chi connectivity index (χ0) is 21.6. The van der Waals surface area contributed by atoms with Gasteiger partial charge in [-0.1, -0.05) is 30.3 Å². The molecule has 0 aliphatic carbocycles. The highest BCUT2D eigenvalue weighted by Gasteiger charge is 2.12. The number of hydrogen-bond donors (Lipinski definition) is 1. The number of amides is 1. The Labute approximate surface area is 183 Å². The van der Waals surface area contributed by atoms with Gasteiger partial charge in [0.25, 0.3) is 5.91 Å². The van der Waals surface area contributed by atoms with Crippen LogP contribution in [0.5, 0.6) is 0 Å². The number of aromatic nitrogens is 1. The Hall–Kier alpha value is -3.22. The lowest BCUT2D eigenvalue weighted by Crippen LogP contribution is -2.35. The van der Waals surface area contributed by atoms with Crippen LogP contribution in [-0.2, 0) is 11.3 Å². The van der Waals surface area contributed by atoms with Crippen LogP contribution < -0.4 is 5.43 Å². The average Bonchev–Trinajstić information content (AvgIpc) is 3.08. The van der Waals surface area contributed by atoms with Crippen molar-refractivity contribution in [2.75, 3.05) is 26.3 Å². The number of hydrazone groups is 1. The summed E-state index contributed by atoms with van der Waals surface area (Å²) in [5.41, 5.74) is 8.70. The molecule has 0 radical (unpaired) electrons. The Morgan fingerprint density at radius 2 is 1.77 bits per heavy atom. The number of carbonyl (C=O) groups excluding carboxylic acids is 1. The van der Waals surface area contributed by atoms with Gasteiger partial charge in [0.2, 0.25) is 0 Å². The minimum atomic E-state index is -0.217. The number of hydrogen-bond acceptors (Lipinski definition) is 4. The fourth-order valence-electron chi connectivity index (χ4n) is 3.90. The van der Waals surface area contributed by atoms with Gasteiger partial charge < -0.3 is 9.30 Å². The zero-order valence-electron chi connectivity index (χ0n) is 18.0. The number of morpholine rings is 1. The molecule has 31 heavy (non-hydrogen) atoms. The van der Waals surface area contributed by atoms with E-state index < -0.39 is 0 Å². The number of aryl methyl sites for hydroxylation is 1. The van der Waals surface area contributed by atoms with Gasteiger partial charge >= 0.3 is 0 Å². The molecule has 0 unspecified atom stereocenters. The third kappa shape index (κ3) is 5.10. The smallest absolute Gasteiger partial charge is 0.271 e. The van der Waals surface area contributed by atoms with Gasteiger partial charge in [0.05, 0.1) is 19.4 Å². The van der Waals surface area contributed by atoms with Gasteiger partial charge in [-0.05, 0) is 49.7 Å². The Kier molecular flexibility index (Phi) is 6.60. The van der Waals surface area contributed by atoms with Crippen molar-refractivity contribution in [3.05, 3.63) is 88.7 Å². The van der Waals surface area contributed by atoms with E-state index in [1.807, 2.05) is 42.5 Å². The van der Waals surface area contributed by atoms with Crippen LogP contribution in [0, 0.1) is 13.8 Å². The molecule has 0 saturated carbocycles. The van der Waals surface area contributed by atoms with Gasteiger partial charge in [0.1, 0.15) is 0 Å². The second kappa shape index (κ2) is 9.73. The number of carbonyl (C=O) groups is 1. The van der Waals surface area contributed by atoms with E-state index in [9.17, 15) is 4.79 Å². The van der Waals surface area contributed by atoms with E-state index in [1.54, 1.807) is 6.21 Å². The highest BCUT2D eigenvalue weighted by atomic mass is 16.5. The van der Waals surface area contributed by atoms with Crippen molar-refractivity contribution in [1.82, 2.24) is 14.9 Å². The van der Waals surface area contributed by atoms with Gasteiger partial charge in [-0.25, -0.2) is 5.43 Å². The highest BCUT2D eigenvalue weighted by Crippen LogP contribution is 2.19. The first kappa shape index (κ1) is 21.0. The number of benzene rings is 2. The van der Waals surface area contributed by atoms with Crippen LogP contribution in [0.25, 0.3) is 5.69 Å². The summed E-state index contributed by atoms with van der Waals surface area (Å²) >= 11 is 0. The Bertz CT molecular complexity index is 1050. The zero-order valence-corrected chi connectivity index (χ0v) is 18.0. The van der Waals surface area contributed by atoms with E-state index in [0.29, 0.717) is 5.56 Å². The molecule has 0 atom stereocenters. The molecule has 6 nitrogen and oxygen atoms in total. The molecule has 0 bridgehead atoms. The van der Waals surface area contributed by atoms with Crippen molar-refractivity contribution >= 4 is 12.1 Å². The van der Waals surface area contributed by atoms with Gasteiger partial charge in [-0.3, -0.25) is 9.69 Å². The maximum Gasteiger partial charge on any atom is 0.271 e. The van der Waals surface area contributed by atoms with Crippen LogP contribution >= 0.6 is 0 Å². The molecule has 1 fully saturated rings. The Morgan fingerprint density at radius 3 is 2.48 bits per heavy atom. The fraction of sp³-hybridized carbons (Fsp3) is 0.280. The molecule has 3 aromatic rings. The fourth-order valence-corrected chi connectivity index (χ4v) is 3.90. The molecule has 160 valence electrons. The predicted octanol–water partition coefficient (Wildman–Crippen LogP) is 3.69. The molecule has 1 N–H and O–H groups in total. The largest absolute Gasteiger partial charge is 0.379 e. The SMILES string of the molecule is Cc1cc(C=NNC(=O)c2ccc(CN3CCOCC3)cc2)c(C)n1-c1ccccc1. The summed E-state index contributed by atoms with van der Waals surface area (Å²) in [5, 5.41) is 4.18. The maximum atomic E-state index is 12.5. The van der Waals surface area contributed by atoms with Crippen molar-refractivity contribution in [3.8, 4) is 5.69 Å². The lowest BCUT2D eigenvalue weighted by Gasteiger charge is -2.26. The minimum absolute atomic E-state index is 0.217. The standard InChI is InChI=1S/C25H28N4O2/c1-19-16-23(20(2)29(19)24-6-4-3-5-7-24)17-26-27-25(30)22-10-8-21(9-11-22)18-28-12-14-31-15-13-28/h3-11,16-17H,12-15,18H2,1-2H3,(H,27,30). The summed E-state index contributed by atoms with van der Waals surface area (Å²) in [7, 11) is 0. The molecule has 2 heterocycles. The second-order valence-electron chi connectivity index (χ2n) is 7.78. The molecule has 2 aromatic carbocycles. The summed E-state index contributed by atoms with van der Waals surface area (Å²) in [6, 6.07) is 20.0. The van der Waals surface area contributed by atoms with Gasteiger partial charge in [-0.2, -0.15) is 5.10 Å². The Morgan fingerprint density at radius 1 is 1.06 bits per heavy atom. The Balaban J connectivity index is 1.37. The van der Waals surface area contributed by atoms with Crippen LogP contribution in [0.1, 0.15) is 32.9 Å². The van der Waals surface area contributed by atoms with Gasteiger partial charge in [0, 0.05) is 47.8 Å². The topological polar surface area (TPSA) is 58.9 Å². The lowest BCUT2D eigenvalue weighted by molar-refractivity contribution is 0.0342. The van der Waals surface area contributed by atoms with E-state index in [2.05, 4.69) is 52.0 Å². The molecular formula is C25H28N4O2. The molecule has 4 rings (SSSR count). The van der Waals surface area contributed by atoms with Crippen molar-refractivity contribution in [1.29, 1.82) is 0 Å². The first-order chi connectivity index (χ1) is 15.1. The van der Waals surface area contributed by atoms with Crippen LogP contribution in [0.4, 0.5) is 0 Å². The molecular weight excluding hydrogens is 388 g/mol. The van der Waals surface area contributed by atoms with E-state index in [0.717, 1.165) is 55.5 Å². The summed E-state index contributed by atoms with van der Waals surface area (Å²) in [6.07, 6.45) is 1.70. The van der Waals surface area contributed by atoms with Crippen LogP contribution in [0.2, 0.25) is 0 Å². The number of nitrogens with zero attached hydrogens (tertiary/aromatic N) is 3. The van der Waals surface area contributed by atoms with Crippen molar-refractivity contribution in [2.45, 2.75) is 20.4 Å². The lowest BCUT2D eigenvalue weighted by atomic mass is 10.1. The highest BCUT2D eigenvalue weighted by molar-refractivity contribution is 5.95. The summed E-state index contributed by atoms with van der Waals surface area (Å²) in [5.74, 6) is -0.217. The number of rotatable bonds is 6. The van der Waals surface area contributed by atoms with E-state index >= 15 is 0 Å². The van der Waals surface area contributed by atoms with Gasteiger partial charge in [-0.15, -0.1) is 0 Å². The normalized spacial score (nSPS) is 14.8. The predicted molar refractivity (Wildman–Crippen MR) is 123 cm³/mol. The summed E-state index contributed by atoms with van der Waals surface area (Å²) in [6.45, 7) is 8.45. The number of ether oxygens (including phenoxy) is 1. The molecule has 6 heteroatoms. The number of nitrogens with one attached hydrogen (secondary N) is 1. The third-order valence-electron chi connectivity index (χ3n) is 5.58. The van der Waals surface area contributed by atoms with Crippen LogP contribution in [0.3, 0.4) is 0 Å². The first-order valence-corrected chi connectivity index (χ1v) is 10.6. The van der Waals surface area contributed by atoms with Gasteiger partial charge in [0.15, 0.2) is 0 Å². The van der Waals surface area contributed by atoms with E-state index in [4.69, 9.17) is 4.74 Å². The van der Waals surface area contributed by atoms with Crippen LogP contribution in [-0.4, -0.2) is 47.9 Å². The molecule has 1 amide bonds. The quantitative estimate of drug-likeness (QED) is 0.493. The van der Waals surface area contributed by atoms with E-state index in [-0.39, 0.29) is 5.91 Å².